The molecule has 1 saturated heterocycles. The van der Waals surface area contributed by atoms with Crippen molar-refractivity contribution >= 4 is 0 Å². The van der Waals surface area contributed by atoms with E-state index in [2.05, 4.69) is 40.3 Å². The van der Waals surface area contributed by atoms with E-state index in [0.29, 0.717) is 19.1 Å². The maximum absolute atomic E-state index is 9.27. The lowest BCUT2D eigenvalue weighted by Crippen LogP contribution is -2.55. The molecule has 88 valence electrons. The normalized spacial score (nSPS) is 30.4. The molecule has 16 heavy (non-hydrogen) atoms. The zero-order valence-corrected chi connectivity index (χ0v) is 9.85. The predicted octanol–water partition coefficient (Wildman–Crippen LogP) is 1.26. The van der Waals surface area contributed by atoms with Gasteiger partial charge in [-0.25, -0.2) is 0 Å². The average Bonchev–Trinajstić information content (AvgIpc) is 2.30. The second-order valence-electron chi connectivity index (χ2n) is 4.36. The minimum Gasteiger partial charge on any atom is -0.303 e. The molecule has 1 fully saturated rings. The molecule has 6 heteroatoms. The van der Waals surface area contributed by atoms with Crippen LogP contribution in [-0.4, -0.2) is 43.2 Å². The number of hydrogen-bond acceptors (Lipinski definition) is 4. The Labute approximate surface area is 95.9 Å². The second kappa shape index (κ2) is 5.71. The molecule has 1 N–H and O–H groups in total. The molecule has 0 spiro atoms. The highest BCUT2D eigenvalue weighted by atomic mass is 15.2. The maximum Gasteiger partial charge on any atom is 0.109 e. The molecule has 0 amide bonds. The fraction of sp³-hybridized carbons (Fsp3) is 0.900. The molecule has 1 aliphatic rings. The van der Waals surface area contributed by atoms with Crippen LogP contribution in [0.4, 0.5) is 0 Å². The van der Waals surface area contributed by atoms with Crippen LogP contribution in [0.1, 0.15) is 19.8 Å². The first-order valence-electron chi connectivity index (χ1n) is 5.51. The summed E-state index contributed by atoms with van der Waals surface area (Å²) in [7, 11) is 2.08. The van der Waals surface area contributed by atoms with Gasteiger partial charge in [0.1, 0.15) is 5.54 Å². The van der Waals surface area contributed by atoms with Crippen molar-refractivity contribution in [3.8, 4) is 6.07 Å². The fourth-order valence-electron chi connectivity index (χ4n) is 2.04. The molecule has 1 heterocycles. The molecule has 1 rings (SSSR count). The number of likely N-dealkylation sites (tertiary alicyclic amines) is 1. The molecule has 0 saturated carbocycles. The first-order chi connectivity index (χ1) is 7.63. The van der Waals surface area contributed by atoms with Gasteiger partial charge in [-0.05, 0) is 32.3 Å². The third kappa shape index (κ3) is 3.11. The molecule has 2 atom stereocenters. The van der Waals surface area contributed by atoms with Crippen LogP contribution in [0.5, 0.6) is 0 Å². The summed E-state index contributed by atoms with van der Waals surface area (Å²) in [6.45, 7) is 4.00. The van der Waals surface area contributed by atoms with E-state index >= 15 is 0 Å². The van der Waals surface area contributed by atoms with Crippen molar-refractivity contribution < 1.29 is 0 Å². The van der Waals surface area contributed by atoms with E-state index in [1.54, 1.807) is 0 Å². The van der Waals surface area contributed by atoms with E-state index < -0.39 is 5.54 Å². The highest BCUT2D eigenvalue weighted by Crippen LogP contribution is 2.25. The maximum atomic E-state index is 9.27. The largest absolute Gasteiger partial charge is 0.303 e. The van der Waals surface area contributed by atoms with E-state index in [9.17, 15) is 5.26 Å². The fourth-order valence-corrected chi connectivity index (χ4v) is 2.04. The summed E-state index contributed by atoms with van der Waals surface area (Å²) in [5, 5.41) is 15.9. The van der Waals surface area contributed by atoms with Crippen LogP contribution in [0.3, 0.4) is 0 Å². The van der Waals surface area contributed by atoms with Gasteiger partial charge in [0.15, 0.2) is 0 Å². The lowest BCUT2D eigenvalue weighted by atomic mass is 9.85. The van der Waals surface area contributed by atoms with Gasteiger partial charge in [0.25, 0.3) is 0 Å². The second-order valence-corrected chi connectivity index (χ2v) is 4.36. The van der Waals surface area contributed by atoms with E-state index in [1.165, 1.54) is 0 Å². The van der Waals surface area contributed by atoms with Crippen molar-refractivity contribution in [3.05, 3.63) is 10.4 Å². The number of rotatable bonds is 4. The van der Waals surface area contributed by atoms with Crippen LogP contribution >= 0.6 is 0 Å². The van der Waals surface area contributed by atoms with Crippen molar-refractivity contribution in [2.45, 2.75) is 31.3 Å². The van der Waals surface area contributed by atoms with Crippen LogP contribution in [-0.2, 0) is 0 Å². The summed E-state index contributed by atoms with van der Waals surface area (Å²) in [6, 6.07) is 2.78. The molecule has 2 unspecified atom stereocenters. The molecule has 0 aromatic rings. The Kier molecular flexibility index (Phi) is 4.56. The molecular formula is C10H18N6. The van der Waals surface area contributed by atoms with Gasteiger partial charge in [-0.2, -0.15) is 5.26 Å². The van der Waals surface area contributed by atoms with Gasteiger partial charge in [-0.3, -0.25) is 5.32 Å². The first kappa shape index (κ1) is 12.8. The summed E-state index contributed by atoms with van der Waals surface area (Å²) in [5.41, 5.74) is 7.71. The lowest BCUT2D eigenvalue weighted by Gasteiger charge is -2.40. The van der Waals surface area contributed by atoms with Gasteiger partial charge in [0.05, 0.1) is 6.07 Å². The molecule has 0 bridgehead atoms. The smallest absolute Gasteiger partial charge is 0.109 e. The summed E-state index contributed by atoms with van der Waals surface area (Å²) in [5.74, 6) is 0. The van der Waals surface area contributed by atoms with Gasteiger partial charge in [0.2, 0.25) is 0 Å². The third-order valence-electron chi connectivity index (χ3n) is 3.24. The Morgan fingerprint density at radius 1 is 1.75 bits per heavy atom. The molecule has 6 nitrogen and oxygen atoms in total. The molecule has 0 radical (unpaired) electrons. The van der Waals surface area contributed by atoms with Gasteiger partial charge in [-0.1, -0.05) is 5.11 Å². The van der Waals surface area contributed by atoms with Gasteiger partial charge in [-0.15, -0.1) is 0 Å². The van der Waals surface area contributed by atoms with Gasteiger partial charge < -0.3 is 4.90 Å². The Bertz CT molecular complexity index is 316. The summed E-state index contributed by atoms with van der Waals surface area (Å²) >= 11 is 0. The topological polar surface area (TPSA) is 87.8 Å². The highest BCUT2D eigenvalue weighted by Gasteiger charge is 2.36. The number of hydrogen-bond donors (Lipinski definition) is 1. The van der Waals surface area contributed by atoms with E-state index in [-0.39, 0.29) is 0 Å². The summed E-state index contributed by atoms with van der Waals surface area (Å²) < 4.78 is 0. The number of nitrogens with one attached hydrogen (secondary N) is 1. The molecule has 1 aliphatic heterocycles. The third-order valence-corrected chi connectivity index (χ3v) is 3.24. The Hall–Kier alpha value is -1.28. The van der Waals surface area contributed by atoms with Crippen LogP contribution in [0.2, 0.25) is 0 Å². The SMILES string of the molecule is CC1CC(C#N)(NCCN=[N+]=[N-])CCN1C. The molecule has 0 aromatic heterocycles. The van der Waals surface area contributed by atoms with Gasteiger partial charge >= 0.3 is 0 Å². The van der Waals surface area contributed by atoms with Crippen molar-refractivity contribution in [2.75, 3.05) is 26.7 Å². The zero-order valence-electron chi connectivity index (χ0n) is 9.85. The van der Waals surface area contributed by atoms with Crippen molar-refractivity contribution in [1.29, 1.82) is 5.26 Å². The van der Waals surface area contributed by atoms with Crippen molar-refractivity contribution in [3.63, 3.8) is 0 Å². The lowest BCUT2D eigenvalue weighted by molar-refractivity contribution is 0.138. The van der Waals surface area contributed by atoms with Crippen molar-refractivity contribution in [2.24, 2.45) is 5.11 Å². The van der Waals surface area contributed by atoms with E-state index in [1.807, 2.05) is 0 Å². The quantitative estimate of drug-likeness (QED) is 0.336. The number of nitrogens with zero attached hydrogens (tertiary/aromatic N) is 5. The Balaban J connectivity index is 2.51. The molecule has 0 aliphatic carbocycles. The summed E-state index contributed by atoms with van der Waals surface area (Å²) in [6.07, 6.45) is 1.64. The Morgan fingerprint density at radius 2 is 2.50 bits per heavy atom. The number of azide groups is 1. The van der Waals surface area contributed by atoms with Crippen LogP contribution in [0.25, 0.3) is 10.4 Å². The van der Waals surface area contributed by atoms with Crippen LogP contribution in [0.15, 0.2) is 5.11 Å². The van der Waals surface area contributed by atoms with Crippen LogP contribution in [0, 0.1) is 11.3 Å². The van der Waals surface area contributed by atoms with E-state index in [4.69, 9.17) is 5.53 Å². The molecular weight excluding hydrogens is 204 g/mol. The predicted molar refractivity (Wildman–Crippen MR) is 61.7 cm³/mol. The standard InChI is InChI=1S/C10H18N6/c1-9-7-10(8-11,3-6-16(9)2)13-4-5-14-15-12/h9,13H,3-7H2,1-2H3. The number of piperidine rings is 1. The van der Waals surface area contributed by atoms with E-state index in [0.717, 1.165) is 19.4 Å². The highest BCUT2D eigenvalue weighted by molar-refractivity contribution is 5.11. The Morgan fingerprint density at radius 3 is 3.06 bits per heavy atom. The monoisotopic (exact) mass is 222 g/mol. The minimum atomic E-state index is -0.448. The minimum absolute atomic E-state index is 0.393. The zero-order chi connectivity index (χ0) is 12.0. The van der Waals surface area contributed by atoms with Crippen molar-refractivity contribution in [1.82, 2.24) is 10.2 Å². The summed E-state index contributed by atoms with van der Waals surface area (Å²) in [4.78, 5) is 4.94. The molecule has 0 aromatic carbocycles. The van der Waals surface area contributed by atoms with Crippen LogP contribution < -0.4 is 5.32 Å². The average molecular weight is 222 g/mol. The number of nitriles is 1. The van der Waals surface area contributed by atoms with Gasteiger partial charge in [0, 0.05) is 30.6 Å². The first-order valence-corrected chi connectivity index (χ1v) is 5.51.